The standard InChI is InChI=1S/C23H22N4O4/c1-30-19-12-16-18(13-20(19)31-2)24-14-27(23(16)29)11-5-8-22(28)26-21-10-9-15-6-3-4-7-17(15)25-21/h3-4,6-7,9-10,12-14H,5,8,11H2,1-2H3,(H,25,26,28). The lowest BCUT2D eigenvalue weighted by atomic mass is 10.2. The number of benzene rings is 2. The van der Waals surface area contributed by atoms with Crippen molar-refractivity contribution >= 4 is 33.5 Å². The number of anilines is 1. The summed E-state index contributed by atoms with van der Waals surface area (Å²) in [4.78, 5) is 33.9. The Hall–Kier alpha value is -3.94. The van der Waals surface area contributed by atoms with Crippen molar-refractivity contribution in [3.63, 3.8) is 0 Å². The molecule has 2 heterocycles. The van der Waals surface area contributed by atoms with E-state index in [9.17, 15) is 9.59 Å². The number of rotatable bonds is 7. The minimum atomic E-state index is -0.192. The van der Waals surface area contributed by atoms with Gasteiger partial charge in [0, 0.05) is 24.4 Å². The van der Waals surface area contributed by atoms with Gasteiger partial charge in [-0.05, 0) is 30.7 Å². The Bertz CT molecular complexity index is 1320. The quantitative estimate of drug-likeness (QED) is 0.494. The van der Waals surface area contributed by atoms with Crippen LogP contribution in [0.25, 0.3) is 21.8 Å². The zero-order valence-electron chi connectivity index (χ0n) is 17.3. The largest absolute Gasteiger partial charge is 0.493 e. The highest BCUT2D eigenvalue weighted by atomic mass is 16.5. The number of fused-ring (bicyclic) bond motifs is 2. The molecule has 0 aliphatic heterocycles. The van der Waals surface area contributed by atoms with Crippen molar-refractivity contribution in [3.05, 3.63) is 65.2 Å². The Morgan fingerprint density at radius 3 is 2.61 bits per heavy atom. The van der Waals surface area contributed by atoms with E-state index in [4.69, 9.17) is 9.47 Å². The van der Waals surface area contributed by atoms with Crippen LogP contribution in [0, 0.1) is 0 Å². The highest BCUT2D eigenvalue weighted by Crippen LogP contribution is 2.29. The molecule has 0 unspecified atom stereocenters. The van der Waals surface area contributed by atoms with Crippen molar-refractivity contribution in [3.8, 4) is 11.5 Å². The van der Waals surface area contributed by atoms with E-state index in [0.29, 0.717) is 41.2 Å². The van der Waals surface area contributed by atoms with E-state index in [1.54, 1.807) is 18.2 Å². The van der Waals surface area contributed by atoms with Gasteiger partial charge >= 0.3 is 0 Å². The number of amides is 1. The van der Waals surface area contributed by atoms with Crippen LogP contribution in [-0.2, 0) is 11.3 Å². The first-order chi connectivity index (χ1) is 15.1. The Morgan fingerprint density at radius 1 is 1.03 bits per heavy atom. The number of methoxy groups -OCH3 is 2. The van der Waals surface area contributed by atoms with E-state index in [-0.39, 0.29) is 17.9 Å². The highest BCUT2D eigenvalue weighted by molar-refractivity contribution is 5.91. The second-order valence-corrected chi connectivity index (χ2v) is 7.01. The normalized spacial score (nSPS) is 10.9. The summed E-state index contributed by atoms with van der Waals surface area (Å²) in [6.07, 6.45) is 2.23. The van der Waals surface area contributed by atoms with Gasteiger partial charge in [0.15, 0.2) is 11.5 Å². The number of para-hydroxylation sites is 1. The van der Waals surface area contributed by atoms with E-state index < -0.39 is 0 Å². The van der Waals surface area contributed by atoms with E-state index >= 15 is 0 Å². The molecular weight excluding hydrogens is 396 g/mol. The monoisotopic (exact) mass is 418 g/mol. The highest BCUT2D eigenvalue weighted by Gasteiger charge is 2.11. The summed E-state index contributed by atoms with van der Waals surface area (Å²) in [6.45, 7) is 0.370. The molecule has 2 aromatic heterocycles. The molecule has 4 rings (SSSR count). The first-order valence-corrected chi connectivity index (χ1v) is 9.86. The number of hydrogen-bond donors (Lipinski definition) is 1. The van der Waals surface area contributed by atoms with Crippen molar-refractivity contribution in [1.82, 2.24) is 14.5 Å². The maximum atomic E-state index is 12.8. The molecule has 0 fully saturated rings. The molecule has 1 amide bonds. The topological polar surface area (TPSA) is 95.3 Å². The number of ether oxygens (including phenoxy) is 2. The third-order valence-electron chi connectivity index (χ3n) is 5.00. The molecule has 0 aliphatic rings. The van der Waals surface area contributed by atoms with Crippen molar-refractivity contribution in [2.45, 2.75) is 19.4 Å². The SMILES string of the molecule is COc1cc2ncn(CCCC(=O)Nc3ccc4ccccc4n3)c(=O)c2cc1OC. The second-order valence-electron chi connectivity index (χ2n) is 7.01. The molecule has 8 heteroatoms. The van der Waals surface area contributed by atoms with E-state index in [1.807, 2.05) is 30.3 Å². The predicted octanol–water partition coefficient (Wildman–Crippen LogP) is 3.38. The number of aryl methyl sites for hydroxylation is 1. The molecule has 8 nitrogen and oxygen atoms in total. The summed E-state index contributed by atoms with van der Waals surface area (Å²) in [5.41, 5.74) is 1.16. The number of hydrogen-bond acceptors (Lipinski definition) is 6. The van der Waals surface area contributed by atoms with Crippen LogP contribution in [0.5, 0.6) is 11.5 Å². The van der Waals surface area contributed by atoms with Gasteiger partial charge in [-0.15, -0.1) is 0 Å². The molecule has 1 N–H and O–H groups in total. The number of carbonyl (C=O) groups is 1. The zero-order chi connectivity index (χ0) is 21.8. The summed E-state index contributed by atoms with van der Waals surface area (Å²) < 4.78 is 12.0. The van der Waals surface area contributed by atoms with E-state index in [1.165, 1.54) is 25.1 Å². The minimum Gasteiger partial charge on any atom is -0.493 e. The third kappa shape index (κ3) is 4.32. The fourth-order valence-electron chi connectivity index (χ4n) is 3.40. The van der Waals surface area contributed by atoms with Gasteiger partial charge in [0.1, 0.15) is 5.82 Å². The molecule has 0 radical (unpaired) electrons. The summed E-state index contributed by atoms with van der Waals surface area (Å²) >= 11 is 0. The van der Waals surface area contributed by atoms with E-state index in [2.05, 4.69) is 15.3 Å². The molecule has 4 aromatic rings. The van der Waals surface area contributed by atoms with Gasteiger partial charge in [-0.1, -0.05) is 18.2 Å². The molecule has 0 aliphatic carbocycles. The smallest absolute Gasteiger partial charge is 0.261 e. The maximum absolute atomic E-state index is 12.8. The zero-order valence-corrected chi connectivity index (χ0v) is 17.3. The van der Waals surface area contributed by atoms with Crippen LogP contribution < -0.4 is 20.3 Å². The average molecular weight is 418 g/mol. The molecule has 0 atom stereocenters. The lowest BCUT2D eigenvalue weighted by molar-refractivity contribution is -0.116. The molecule has 0 saturated heterocycles. The Morgan fingerprint density at radius 2 is 1.81 bits per heavy atom. The van der Waals surface area contributed by atoms with Crippen LogP contribution in [0.15, 0.2) is 59.7 Å². The van der Waals surface area contributed by atoms with Crippen molar-refractivity contribution in [2.75, 3.05) is 19.5 Å². The van der Waals surface area contributed by atoms with Gasteiger partial charge in [0.25, 0.3) is 5.56 Å². The summed E-state index contributed by atoms with van der Waals surface area (Å²) in [7, 11) is 3.05. The fourth-order valence-corrected chi connectivity index (χ4v) is 3.40. The Balaban J connectivity index is 1.42. The summed E-state index contributed by atoms with van der Waals surface area (Å²) in [6, 6.07) is 14.7. The van der Waals surface area contributed by atoms with Crippen LogP contribution in [0.1, 0.15) is 12.8 Å². The van der Waals surface area contributed by atoms with Crippen molar-refractivity contribution in [1.29, 1.82) is 0 Å². The van der Waals surface area contributed by atoms with Gasteiger partial charge in [-0.3, -0.25) is 14.2 Å². The Labute approximate surface area is 178 Å². The number of carbonyl (C=O) groups excluding carboxylic acids is 1. The average Bonchev–Trinajstić information content (AvgIpc) is 2.79. The van der Waals surface area contributed by atoms with Crippen LogP contribution >= 0.6 is 0 Å². The molecule has 158 valence electrons. The lowest BCUT2D eigenvalue weighted by Gasteiger charge is -2.10. The third-order valence-corrected chi connectivity index (χ3v) is 5.00. The first kappa shape index (κ1) is 20.3. The molecule has 0 saturated carbocycles. The minimum absolute atomic E-state index is 0.156. The molecule has 0 spiro atoms. The molecular formula is C23H22N4O4. The van der Waals surface area contributed by atoms with Gasteiger partial charge in [0.2, 0.25) is 5.91 Å². The fraction of sp³-hybridized carbons (Fsp3) is 0.217. The lowest BCUT2D eigenvalue weighted by Crippen LogP contribution is -2.22. The first-order valence-electron chi connectivity index (χ1n) is 9.86. The number of pyridine rings is 1. The van der Waals surface area contributed by atoms with Crippen LogP contribution in [0.2, 0.25) is 0 Å². The number of nitrogens with one attached hydrogen (secondary N) is 1. The molecule has 0 bridgehead atoms. The second kappa shape index (κ2) is 8.83. The van der Waals surface area contributed by atoms with Crippen LogP contribution in [0.3, 0.4) is 0 Å². The van der Waals surface area contributed by atoms with Crippen LogP contribution in [0.4, 0.5) is 5.82 Å². The predicted molar refractivity (Wildman–Crippen MR) is 119 cm³/mol. The number of nitrogens with zero attached hydrogens (tertiary/aromatic N) is 3. The Kier molecular flexibility index (Phi) is 5.79. The van der Waals surface area contributed by atoms with Gasteiger partial charge in [0.05, 0.1) is 37.0 Å². The molecule has 31 heavy (non-hydrogen) atoms. The number of aromatic nitrogens is 3. The van der Waals surface area contributed by atoms with E-state index in [0.717, 1.165) is 10.9 Å². The van der Waals surface area contributed by atoms with Gasteiger partial charge < -0.3 is 14.8 Å². The van der Waals surface area contributed by atoms with Gasteiger partial charge in [-0.25, -0.2) is 9.97 Å². The maximum Gasteiger partial charge on any atom is 0.261 e. The van der Waals surface area contributed by atoms with Crippen LogP contribution in [-0.4, -0.2) is 34.7 Å². The van der Waals surface area contributed by atoms with Crippen molar-refractivity contribution in [2.24, 2.45) is 0 Å². The molecule has 2 aromatic carbocycles. The van der Waals surface area contributed by atoms with Gasteiger partial charge in [-0.2, -0.15) is 0 Å². The summed E-state index contributed by atoms with van der Waals surface area (Å²) in [5.74, 6) is 1.33. The van der Waals surface area contributed by atoms with Crippen molar-refractivity contribution < 1.29 is 14.3 Å². The summed E-state index contributed by atoms with van der Waals surface area (Å²) in [5, 5.41) is 4.26.